The van der Waals surface area contributed by atoms with Crippen molar-refractivity contribution in [2.24, 2.45) is 0 Å². The molecule has 0 spiro atoms. The van der Waals surface area contributed by atoms with Crippen LogP contribution < -0.4 is 9.80 Å². The topological polar surface area (TPSA) is 60.9 Å². The van der Waals surface area contributed by atoms with Gasteiger partial charge in [-0.15, -0.1) is 0 Å². The number of nitrogens with zero attached hydrogens (tertiary/aromatic N) is 2. The standard InChI is InChI=1S/C12H14N2O3/c1-8(12(16)17)14-10-6-4-3-5-9(10)13(2)7-11(14)15/h3-6,8H,7H2,1-2H3,(H,16,17). The van der Waals surface area contributed by atoms with Gasteiger partial charge < -0.3 is 10.0 Å². The van der Waals surface area contributed by atoms with E-state index in [0.717, 1.165) is 5.69 Å². The highest BCUT2D eigenvalue weighted by Gasteiger charge is 2.33. The highest BCUT2D eigenvalue weighted by molar-refractivity contribution is 6.06. The second-order valence-corrected chi connectivity index (χ2v) is 4.12. The molecular formula is C12H14N2O3. The number of para-hydroxylation sites is 2. The first kappa shape index (κ1) is 11.4. The van der Waals surface area contributed by atoms with E-state index in [1.807, 2.05) is 24.1 Å². The van der Waals surface area contributed by atoms with Crippen molar-refractivity contribution in [2.75, 3.05) is 23.4 Å². The van der Waals surface area contributed by atoms with Crippen molar-refractivity contribution in [3.8, 4) is 0 Å². The van der Waals surface area contributed by atoms with Crippen LogP contribution in [0.25, 0.3) is 0 Å². The molecule has 1 aliphatic heterocycles. The van der Waals surface area contributed by atoms with Gasteiger partial charge in [-0.2, -0.15) is 0 Å². The number of anilines is 2. The first-order chi connectivity index (χ1) is 8.02. The van der Waals surface area contributed by atoms with Crippen molar-refractivity contribution in [1.29, 1.82) is 0 Å². The Kier molecular flexibility index (Phi) is 2.75. The molecule has 5 heteroatoms. The Labute approximate surface area is 99.3 Å². The van der Waals surface area contributed by atoms with Crippen molar-refractivity contribution in [3.05, 3.63) is 24.3 Å². The lowest BCUT2D eigenvalue weighted by Crippen LogP contribution is -2.51. The van der Waals surface area contributed by atoms with Crippen LogP contribution in [0.3, 0.4) is 0 Å². The maximum atomic E-state index is 11.9. The second kappa shape index (κ2) is 4.08. The molecule has 1 aliphatic rings. The molecule has 2 rings (SSSR count). The summed E-state index contributed by atoms with van der Waals surface area (Å²) in [5, 5.41) is 9.04. The van der Waals surface area contributed by atoms with Gasteiger partial charge in [-0.1, -0.05) is 12.1 Å². The molecule has 1 aromatic carbocycles. The molecule has 5 nitrogen and oxygen atoms in total. The SMILES string of the molecule is CC(C(=O)O)N1C(=O)CN(C)c2ccccc21. The van der Waals surface area contributed by atoms with Gasteiger partial charge in [0.2, 0.25) is 5.91 Å². The normalized spacial score (nSPS) is 16.7. The summed E-state index contributed by atoms with van der Waals surface area (Å²) in [6.45, 7) is 1.72. The molecular weight excluding hydrogens is 220 g/mol. The van der Waals surface area contributed by atoms with E-state index in [4.69, 9.17) is 5.11 Å². The van der Waals surface area contributed by atoms with E-state index >= 15 is 0 Å². The van der Waals surface area contributed by atoms with Crippen molar-refractivity contribution in [3.63, 3.8) is 0 Å². The minimum absolute atomic E-state index is 0.193. The van der Waals surface area contributed by atoms with Crippen LogP contribution in [0.15, 0.2) is 24.3 Å². The summed E-state index contributed by atoms with van der Waals surface area (Å²) < 4.78 is 0. The van der Waals surface area contributed by atoms with E-state index in [1.54, 1.807) is 12.1 Å². The molecule has 0 bridgehead atoms. The fraction of sp³-hybridized carbons (Fsp3) is 0.333. The molecule has 1 heterocycles. The molecule has 1 unspecified atom stereocenters. The zero-order valence-electron chi connectivity index (χ0n) is 9.75. The predicted octanol–water partition coefficient (Wildman–Crippen LogP) is 0.942. The summed E-state index contributed by atoms with van der Waals surface area (Å²) in [7, 11) is 1.82. The number of carboxylic acid groups (broad SMARTS) is 1. The third kappa shape index (κ3) is 1.84. The van der Waals surface area contributed by atoms with Crippen LogP contribution in [0.1, 0.15) is 6.92 Å². The third-order valence-electron chi connectivity index (χ3n) is 2.94. The predicted molar refractivity (Wildman–Crippen MR) is 64.3 cm³/mol. The molecule has 0 aliphatic carbocycles. The summed E-state index contributed by atoms with van der Waals surface area (Å²) in [5.41, 5.74) is 1.53. The molecule has 0 radical (unpaired) electrons. The van der Waals surface area contributed by atoms with Gasteiger partial charge in [0.15, 0.2) is 0 Å². The van der Waals surface area contributed by atoms with Gasteiger partial charge in [0.25, 0.3) is 0 Å². The molecule has 1 N–H and O–H groups in total. The zero-order valence-corrected chi connectivity index (χ0v) is 9.75. The minimum Gasteiger partial charge on any atom is -0.480 e. The summed E-state index contributed by atoms with van der Waals surface area (Å²) in [5.74, 6) is -1.20. The minimum atomic E-state index is -1.00. The molecule has 0 aromatic heterocycles. The summed E-state index contributed by atoms with van der Waals surface area (Å²) in [4.78, 5) is 26.1. The Morgan fingerprint density at radius 2 is 1.94 bits per heavy atom. The van der Waals surface area contributed by atoms with Crippen molar-refractivity contribution in [1.82, 2.24) is 0 Å². The number of carbonyl (C=O) groups excluding carboxylic acids is 1. The number of fused-ring (bicyclic) bond motifs is 1. The van der Waals surface area contributed by atoms with Crippen LogP contribution in [-0.4, -0.2) is 36.6 Å². The number of amides is 1. The van der Waals surface area contributed by atoms with Crippen molar-refractivity contribution < 1.29 is 14.7 Å². The Bertz CT molecular complexity index is 473. The summed E-state index contributed by atoms with van der Waals surface area (Å²) in [6.07, 6.45) is 0. The Balaban J connectivity index is 2.49. The number of benzene rings is 1. The van der Waals surface area contributed by atoms with Crippen LogP contribution >= 0.6 is 0 Å². The number of carbonyl (C=O) groups is 2. The van der Waals surface area contributed by atoms with Gasteiger partial charge >= 0.3 is 5.97 Å². The van der Waals surface area contributed by atoms with E-state index in [-0.39, 0.29) is 12.5 Å². The number of hydrogen-bond donors (Lipinski definition) is 1. The molecule has 1 atom stereocenters. The first-order valence-electron chi connectivity index (χ1n) is 5.37. The molecule has 90 valence electrons. The fourth-order valence-corrected chi connectivity index (χ4v) is 2.02. The second-order valence-electron chi connectivity index (χ2n) is 4.12. The molecule has 0 saturated carbocycles. The van der Waals surface area contributed by atoms with Gasteiger partial charge in [0.05, 0.1) is 17.9 Å². The average molecular weight is 234 g/mol. The van der Waals surface area contributed by atoms with Gasteiger partial charge in [0, 0.05) is 7.05 Å². The van der Waals surface area contributed by atoms with Crippen LogP contribution in [0.4, 0.5) is 11.4 Å². The monoisotopic (exact) mass is 234 g/mol. The Hall–Kier alpha value is -2.04. The van der Waals surface area contributed by atoms with E-state index < -0.39 is 12.0 Å². The van der Waals surface area contributed by atoms with Gasteiger partial charge in [-0.25, -0.2) is 4.79 Å². The van der Waals surface area contributed by atoms with Crippen LogP contribution in [0.5, 0.6) is 0 Å². The van der Waals surface area contributed by atoms with Crippen molar-refractivity contribution in [2.45, 2.75) is 13.0 Å². The van der Waals surface area contributed by atoms with E-state index in [9.17, 15) is 9.59 Å². The largest absolute Gasteiger partial charge is 0.480 e. The van der Waals surface area contributed by atoms with Crippen molar-refractivity contribution >= 4 is 23.3 Å². The maximum absolute atomic E-state index is 11.9. The summed E-state index contributed by atoms with van der Waals surface area (Å²) >= 11 is 0. The highest BCUT2D eigenvalue weighted by Crippen LogP contribution is 2.33. The number of likely N-dealkylation sites (N-methyl/N-ethyl adjacent to an activating group) is 1. The number of carboxylic acids is 1. The maximum Gasteiger partial charge on any atom is 0.326 e. The average Bonchev–Trinajstić information content (AvgIpc) is 2.28. The van der Waals surface area contributed by atoms with E-state index in [2.05, 4.69) is 0 Å². The molecule has 0 saturated heterocycles. The molecule has 17 heavy (non-hydrogen) atoms. The first-order valence-corrected chi connectivity index (χ1v) is 5.37. The Morgan fingerprint density at radius 3 is 2.53 bits per heavy atom. The van der Waals surface area contributed by atoms with Crippen LogP contribution in [0, 0.1) is 0 Å². The van der Waals surface area contributed by atoms with Gasteiger partial charge in [0.1, 0.15) is 6.04 Å². The smallest absolute Gasteiger partial charge is 0.326 e. The van der Waals surface area contributed by atoms with Gasteiger partial charge in [-0.3, -0.25) is 9.69 Å². The molecule has 1 aromatic rings. The summed E-state index contributed by atoms with van der Waals surface area (Å²) in [6, 6.07) is 6.46. The van der Waals surface area contributed by atoms with E-state index in [0.29, 0.717) is 5.69 Å². The molecule has 1 amide bonds. The van der Waals surface area contributed by atoms with Gasteiger partial charge in [-0.05, 0) is 19.1 Å². The number of rotatable bonds is 2. The van der Waals surface area contributed by atoms with Crippen LogP contribution in [0.2, 0.25) is 0 Å². The fourth-order valence-electron chi connectivity index (χ4n) is 2.02. The number of aliphatic carboxylic acids is 1. The third-order valence-corrected chi connectivity index (χ3v) is 2.94. The lowest BCUT2D eigenvalue weighted by atomic mass is 10.1. The highest BCUT2D eigenvalue weighted by atomic mass is 16.4. The zero-order chi connectivity index (χ0) is 12.6. The lowest BCUT2D eigenvalue weighted by molar-refractivity contribution is -0.139. The number of hydrogen-bond acceptors (Lipinski definition) is 3. The quantitative estimate of drug-likeness (QED) is 0.827. The molecule has 0 fully saturated rings. The van der Waals surface area contributed by atoms with Crippen LogP contribution in [-0.2, 0) is 9.59 Å². The lowest BCUT2D eigenvalue weighted by Gasteiger charge is -2.37. The van der Waals surface area contributed by atoms with E-state index in [1.165, 1.54) is 11.8 Å². The Morgan fingerprint density at radius 1 is 1.35 bits per heavy atom.